The molecular formula is C7H6NO2W-. The van der Waals surface area contributed by atoms with Gasteiger partial charge in [0, 0.05) is 26.0 Å². The van der Waals surface area contributed by atoms with E-state index in [2.05, 4.69) is 6.07 Å². The average Bonchev–Trinajstić information content (AvgIpc) is 1.88. The molecule has 0 aliphatic heterocycles. The van der Waals surface area contributed by atoms with E-state index in [0.717, 1.165) is 5.56 Å². The van der Waals surface area contributed by atoms with Crippen LogP contribution in [0.5, 0.6) is 0 Å². The third kappa shape index (κ3) is 2.81. The predicted octanol–water partition coefficient (Wildman–Crippen LogP) is 1.70. The molecule has 1 rings (SSSR count). The smallest absolute Gasteiger partial charge is 0.162 e. The molecule has 0 amide bonds. The molecule has 0 fully saturated rings. The predicted molar refractivity (Wildman–Crippen MR) is 36.7 cm³/mol. The average molecular weight is 320 g/mol. The molecule has 0 aliphatic carbocycles. The van der Waals surface area contributed by atoms with Crippen molar-refractivity contribution in [2.24, 2.45) is 0 Å². The van der Waals surface area contributed by atoms with Crippen LogP contribution in [0.3, 0.4) is 0 Å². The summed E-state index contributed by atoms with van der Waals surface area (Å²) in [5.41, 5.74) is 0.996. The number of rotatable bonds is 1. The maximum atomic E-state index is 10.1. The van der Waals surface area contributed by atoms with Gasteiger partial charge in [-0.2, -0.15) is 17.7 Å². The second-order valence-electron chi connectivity index (χ2n) is 2.01. The molecule has 1 aromatic rings. The summed E-state index contributed by atoms with van der Waals surface area (Å²) in [6.07, 6.45) is 0. The van der Waals surface area contributed by atoms with Crippen LogP contribution in [0.25, 0.3) is 0 Å². The third-order valence-corrected chi connectivity index (χ3v) is 1.15. The minimum absolute atomic E-state index is 0. The Morgan fingerprint density at radius 1 is 1.55 bits per heavy atom. The summed E-state index contributed by atoms with van der Waals surface area (Å²) >= 11 is 0. The topological polar surface area (TPSA) is 43.1 Å². The number of non-ortho nitro benzene ring substituents is 1. The molecule has 0 saturated carbocycles. The first-order valence-electron chi connectivity index (χ1n) is 2.83. The van der Waals surface area contributed by atoms with Gasteiger partial charge in [-0.1, -0.05) is 13.0 Å². The van der Waals surface area contributed by atoms with Crippen LogP contribution < -0.4 is 0 Å². The van der Waals surface area contributed by atoms with E-state index in [9.17, 15) is 10.1 Å². The Hall–Kier alpha value is -0.692. The first kappa shape index (κ1) is 10.3. The van der Waals surface area contributed by atoms with Gasteiger partial charge in [0.25, 0.3) is 0 Å². The van der Waals surface area contributed by atoms with E-state index in [-0.39, 0.29) is 26.8 Å². The second kappa shape index (κ2) is 4.24. The van der Waals surface area contributed by atoms with Crippen molar-refractivity contribution in [2.45, 2.75) is 6.92 Å². The van der Waals surface area contributed by atoms with Crippen LogP contribution in [0.2, 0.25) is 0 Å². The standard InChI is InChI=1S/C7H6NO2.W/c1-6-2-4-7(5-3-6)8(9)10;/h2-4H,1H3;/q-1;. The minimum atomic E-state index is -0.459. The Kier molecular flexibility index (Phi) is 3.97. The van der Waals surface area contributed by atoms with Gasteiger partial charge in [-0.25, -0.2) is 0 Å². The van der Waals surface area contributed by atoms with Gasteiger partial charge < -0.3 is 0 Å². The zero-order chi connectivity index (χ0) is 7.56. The monoisotopic (exact) mass is 320 g/mol. The Morgan fingerprint density at radius 2 is 2.18 bits per heavy atom. The van der Waals surface area contributed by atoms with E-state index in [1.54, 1.807) is 12.1 Å². The summed E-state index contributed by atoms with van der Waals surface area (Å²) in [5.74, 6) is 0. The summed E-state index contributed by atoms with van der Waals surface area (Å²) in [6.45, 7) is 1.86. The van der Waals surface area contributed by atoms with Crippen LogP contribution in [0.1, 0.15) is 5.56 Å². The Morgan fingerprint density at radius 3 is 2.55 bits per heavy atom. The molecule has 0 bridgehead atoms. The molecule has 0 heterocycles. The molecule has 0 radical (unpaired) electrons. The first-order chi connectivity index (χ1) is 4.70. The molecule has 1 aromatic carbocycles. The van der Waals surface area contributed by atoms with Crippen molar-refractivity contribution in [3.05, 3.63) is 39.9 Å². The molecule has 0 N–H and O–H groups in total. The minimum Gasteiger partial charge on any atom is -0.260 e. The number of nitro benzene ring substituents is 1. The van der Waals surface area contributed by atoms with Crippen molar-refractivity contribution in [1.29, 1.82) is 0 Å². The van der Waals surface area contributed by atoms with E-state index in [0.29, 0.717) is 0 Å². The van der Waals surface area contributed by atoms with Crippen LogP contribution >= 0.6 is 0 Å². The van der Waals surface area contributed by atoms with Gasteiger partial charge in [-0.15, -0.1) is 6.07 Å². The molecule has 0 spiro atoms. The van der Waals surface area contributed by atoms with Crippen LogP contribution in [0.4, 0.5) is 5.69 Å². The van der Waals surface area contributed by atoms with Gasteiger partial charge in [0.2, 0.25) is 0 Å². The van der Waals surface area contributed by atoms with Gasteiger partial charge in [-0.3, -0.25) is 10.1 Å². The van der Waals surface area contributed by atoms with E-state index < -0.39 is 4.92 Å². The van der Waals surface area contributed by atoms with Crippen molar-refractivity contribution in [1.82, 2.24) is 0 Å². The van der Waals surface area contributed by atoms with Crippen molar-refractivity contribution in [3.63, 3.8) is 0 Å². The second-order valence-corrected chi connectivity index (χ2v) is 2.01. The van der Waals surface area contributed by atoms with Crippen LogP contribution in [-0.4, -0.2) is 4.92 Å². The fourth-order valence-corrected chi connectivity index (χ4v) is 0.608. The van der Waals surface area contributed by atoms with Crippen molar-refractivity contribution in [2.75, 3.05) is 0 Å². The zero-order valence-corrected chi connectivity index (χ0v) is 8.84. The number of nitro groups is 1. The molecule has 0 aliphatic rings. The molecule has 4 heteroatoms. The summed E-state index contributed by atoms with van der Waals surface area (Å²) in [6, 6.07) is 7.26. The summed E-state index contributed by atoms with van der Waals surface area (Å²) in [4.78, 5) is 9.63. The summed E-state index contributed by atoms with van der Waals surface area (Å²) in [5, 5.41) is 10.1. The maximum Gasteiger partial charge on any atom is 0.162 e. The van der Waals surface area contributed by atoms with Gasteiger partial charge in [-0.05, 0) is 0 Å². The zero-order valence-electron chi connectivity index (χ0n) is 5.90. The fraction of sp³-hybridized carbons (Fsp3) is 0.143. The van der Waals surface area contributed by atoms with Crippen LogP contribution in [-0.2, 0) is 21.1 Å². The largest absolute Gasteiger partial charge is 0.260 e. The fourth-order valence-electron chi connectivity index (χ4n) is 0.608. The Bertz CT molecular complexity index is 245. The van der Waals surface area contributed by atoms with E-state index in [1.807, 2.05) is 6.92 Å². The molecule has 0 aromatic heterocycles. The van der Waals surface area contributed by atoms with Gasteiger partial charge in [0.15, 0.2) is 5.69 Å². The molecule has 0 atom stereocenters. The van der Waals surface area contributed by atoms with E-state index in [1.165, 1.54) is 6.07 Å². The normalized spacial score (nSPS) is 8.45. The van der Waals surface area contributed by atoms with E-state index >= 15 is 0 Å². The molecule has 58 valence electrons. The number of nitrogens with zero attached hydrogens (tertiary/aromatic N) is 1. The number of aryl methyl sites for hydroxylation is 1. The van der Waals surface area contributed by atoms with Crippen LogP contribution in [0.15, 0.2) is 18.2 Å². The summed E-state index contributed by atoms with van der Waals surface area (Å²) < 4.78 is 0. The van der Waals surface area contributed by atoms with Gasteiger partial charge in [0.05, 0.1) is 0 Å². The quantitative estimate of drug-likeness (QED) is 0.449. The van der Waals surface area contributed by atoms with Crippen molar-refractivity contribution >= 4 is 5.69 Å². The number of hydrogen-bond acceptors (Lipinski definition) is 2. The third-order valence-electron chi connectivity index (χ3n) is 1.15. The van der Waals surface area contributed by atoms with Gasteiger partial charge >= 0.3 is 0 Å². The van der Waals surface area contributed by atoms with Crippen LogP contribution in [0, 0.1) is 23.1 Å². The molecule has 3 nitrogen and oxygen atoms in total. The van der Waals surface area contributed by atoms with E-state index in [4.69, 9.17) is 0 Å². The Labute approximate surface area is 78.8 Å². The number of benzene rings is 1. The number of hydrogen-bond donors (Lipinski definition) is 0. The SMILES string of the molecule is Cc1c[c-]c([N+](=O)[O-])cc1.[W]. The van der Waals surface area contributed by atoms with Gasteiger partial charge in [0.1, 0.15) is 0 Å². The maximum absolute atomic E-state index is 10.1. The molecular weight excluding hydrogens is 314 g/mol. The summed E-state index contributed by atoms with van der Waals surface area (Å²) in [7, 11) is 0. The Balaban J connectivity index is 0.000001000. The van der Waals surface area contributed by atoms with Crippen molar-refractivity contribution < 1.29 is 26.0 Å². The van der Waals surface area contributed by atoms with Crippen molar-refractivity contribution in [3.8, 4) is 0 Å². The molecule has 11 heavy (non-hydrogen) atoms. The molecule has 0 saturated heterocycles. The molecule has 0 unspecified atom stereocenters. The first-order valence-corrected chi connectivity index (χ1v) is 2.83.